The van der Waals surface area contributed by atoms with Crippen molar-refractivity contribution in [2.45, 2.75) is 58.7 Å². The van der Waals surface area contributed by atoms with E-state index in [1.165, 1.54) is 9.80 Å². The Balaban J connectivity index is 1.58. The molecular weight excluding hydrogens is 618 g/mol. The quantitative estimate of drug-likeness (QED) is 0.185. The predicted molar refractivity (Wildman–Crippen MR) is 187 cm³/mol. The molecular formula is C36H46ClN5O5. The molecule has 2 fully saturated rings. The second kappa shape index (κ2) is 15.2. The van der Waals surface area contributed by atoms with Crippen LogP contribution < -0.4 is 14.7 Å². The molecule has 1 atom stereocenters. The van der Waals surface area contributed by atoms with Gasteiger partial charge in [0.15, 0.2) is 0 Å². The molecule has 47 heavy (non-hydrogen) atoms. The fourth-order valence-electron chi connectivity index (χ4n) is 5.87. The maximum absolute atomic E-state index is 13.8. The van der Waals surface area contributed by atoms with Crippen LogP contribution in [-0.2, 0) is 30.3 Å². The molecule has 3 amide bonds. The summed E-state index contributed by atoms with van der Waals surface area (Å²) in [6.07, 6.45) is 3.63. The van der Waals surface area contributed by atoms with E-state index in [-0.39, 0.29) is 25.4 Å². The Morgan fingerprint density at radius 1 is 0.936 bits per heavy atom. The Bertz CT molecular complexity index is 1490. The van der Waals surface area contributed by atoms with Crippen LogP contribution in [0.4, 0.5) is 17.1 Å². The fraction of sp³-hybridized carbons (Fsp3) is 0.444. The van der Waals surface area contributed by atoms with Gasteiger partial charge in [-0.1, -0.05) is 35.9 Å². The number of hydrogen-bond donors (Lipinski definition) is 0. The van der Waals surface area contributed by atoms with Crippen molar-refractivity contribution in [2.75, 3.05) is 60.5 Å². The van der Waals surface area contributed by atoms with E-state index in [0.717, 1.165) is 17.8 Å². The van der Waals surface area contributed by atoms with Gasteiger partial charge in [-0.15, -0.1) is 13.2 Å². The van der Waals surface area contributed by atoms with Gasteiger partial charge < -0.3 is 24.3 Å². The van der Waals surface area contributed by atoms with Crippen LogP contribution in [0.3, 0.4) is 0 Å². The number of amides is 3. The number of rotatable bonds is 12. The van der Waals surface area contributed by atoms with Crippen LogP contribution >= 0.6 is 11.6 Å². The highest BCUT2D eigenvalue weighted by Gasteiger charge is 2.42. The molecule has 4 rings (SSSR count). The first-order chi connectivity index (χ1) is 22.2. The van der Waals surface area contributed by atoms with E-state index in [4.69, 9.17) is 16.3 Å². The summed E-state index contributed by atoms with van der Waals surface area (Å²) in [5.41, 5.74) is 1.93. The fourth-order valence-corrected chi connectivity index (χ4v) is 6.04. The number of nitrogens with zero attached hydrogens (tertiary/aromatic N) is 5. The third-order valence-corrected chi connectivity index (χ3v) is 8.47. The van der Waals surface area contributed by atoms with Crippen molar-refractivity contribution in [3.63, 3.8) is 0 Å². The second-order valence-corrected chi connectivity index (χ2v) is 13.5. The molecule has 10 nitrogen and oxygen atoms in total. The first-order valence-electron chi connectivity index (χ1n) is 16.0. The van der Waals surface area contributed by atoms with E-state index in [0.29, 0.717) is 48.6 Å². The third-order valence-electron chi connectivity index (χ3n) is 8.23. The van der Waals surface area contributed by atoms with Crippen molar-refractivity contribution >= 4 is 52.4 Å². The van der Waals surface area contributed by atoms with Crippen LogP contribution in [0.25, 0.3) is 0 Å². The molecule has 0 spiro atoms. The number of hydrogen-bond acceptors (Lipinski definition) is 7. The van der Waals surface area contributed by atoms with Crippen molar-refractivity contribution in [3.8, 4) is 0 Å². The molecule has 2 aliphatic heterocycles. The summed E-state index contributed by atoms with van der Waals surface area (Å²) < 4.78 is 5.74. The Morgan fingerprint density at radius 2 is 1.57 bits per heavy atom. The summed E-state index contributed by atoms with van der Waals surface area (Å²) in [4.78, 5) is 62.6. The highest BCUT2D eigenvalue weighted by Crippen LogP contribution is 2.34. The molecule has 0 N–H and O–H groups in total. The molecule has 11 heteroatoms. The van der Waals surface area contributed by atoms with Crippen molar-refractivity contribution < 1.29 is 23.9 Å². The van der Waals surface area contributed by atoms with Crippen LogP contribution in [0.5, 0.6) is 0 Å². The molecule has 0 saturated carbocycles. The zero-order chi connectivity index (χ0) is 34.5. The van der Waals surface area contributed by atoms with Crippen molar-refractivity contribution in [1.82, 2.24) is 9.80 Å². The van der Waals surface area contributed by atoms with Gasteiger partial charge in [0.25, 0.3) is 0 Å². The standard InChI is InChI=1S/C36H46ClN5O5/c1-8-16-38(17-9-2)29-15-12-27(37)23-30(29)41-20-21-42(34(45)33(41)44)31(35(46)47-36(5,6)7)22-26-10-13-28(14-11-26)40-19-18-39(25(3)4)24-32(40)43/h8-15,23,25,31H,1-2,16-22,24H2,3-7H3/t31-/m0/s1. The van der Waals surface area contributed by atoms with Crippen LogP contribution in [0.1, 0.15) is 40.2 Å². The third kappa shape index (κ3) is 8.61. The maximum atomic E-state index is 13.8. The summed E-state index contributed by atoms with van der Waals surface area (Å²) in [6, 6.07) is 11.9. The zero-order valence-corrected chi connectivity index (χ0v) is 28.8. The number of carbonyl (C=O) groups excluding carboxylic acids is 4. The highest BCUT2D eigenvalue weighted by molar-refractivity contribution is 6.41. The van der Waals surface area contributed by atoms with Gasteiger partial charge in [0, 0.05) is 62.4 Å². The summed E-state index contributed by atoms with van der Waals surface area (Å²) in [5, 5.41) is 0.419. The van der Waals surface area contributed by atoms with Gasteiger partial charge in [-0.05, 0) is 70.5 Å². The Labute approximate surface area is 283 Å². The van der Waals surface area contributed by atoms with Crippen LogP contribution in [0, 0.1) is 0 Å². The summed E-state index contributed by atoms with van der Waals surface area (Å²) in [5.74, 6) is -2.13. The zero-order valence-electron chi connectivity index (χ0n) is 28.1. The maximum Gasteiger partial charge on any atom is 0.329 e. The number of ether oxygens (including phenoxy) is 1. The van der Waals surface area contributed by atoms with E-state index in [1.807, 2.05) is 29.2 Å². The Morgan fingerprint density at radius 3 is 2.15 bits per heavy atom. The lowest BCUT2D eigenvalue weighted by atomic mass is 10.0. The predicted octanol–water partition coefficient (Wildman–Crippen LogP) is 4.70. The van der Waals surface area contributed by atoms with Gasteiger partial charge in [0.1, 0.15) is 11.6 Å². The molecule has 2 aromatic carbocycles. The van der Waals surface area contributed by atoms with Gasteiger partial charge >= 0.3 is 17.8 Å². The minimum atomic E-state index is -1.04. The molecule has 2 aliphatic rings. The van der Waals surface area contributed by atoms with Crippen molar-refractivity contribution in [1.29, 1.82) is 0 Å². The Hall–Kier alpha value is -4.15. The molecule has 2 heterocycles. The van der Waals surface area contributed by atoms with Crippen LogP contribution in [0.2, 0.25) is 5.02 Å². The molecule has 0 radical (unpaired) electrons. The minimum Gasteiger partial charge on any atom is -0.458 e. The number of benzene rings is 2. The summed E-state index contributed by atoms with van der Waals surface area (Å²) in [6.45, 7) is 20.1. The minimum absolute atomic E-state index is 0.0336. The topological polar surface area (TPSA) is 93.7 Å². The first-order valence-corrected chi connectivity index (χ1v) is 16.4. The lowest BCUT2D eigenvalue weighted by molar-refractivity contribution is -0.166. The van der Waals surface area contributed by atoms with Crippen LogP contribution in [-0.4, -0.2) is 97.0 Å². The average Bonchev–Trinajstić information content (AvgIpc) is 3.01. The van der Waals surface area contributed by atoms with E-state index in [2.05, 4.69) is 31.9 Å². The van der Waals surface area contributed by atoms with E-state index >= 15 is 0 Å². The smallest absolute Gasteiger partial charge is 0.329 e. The van der Waals surface area contributed by atoms with E-state index in [9.17, 15) is 19.2 Å². The number of anilines is 3. The molecule has 0 aromatic heterocycles. The number of piperazine rings is 2. The van der Waals surface area contributed by atoms with Gasteiger partial charge in [0.05, 0.1) is 17.9 Å². The monoisotopic (exact) mass is 663 g/mol. The normalized spacial score (nSPS) is 16.8. The summed E-state index contributed by atoms with van der Waals surface area (Å²) in [7, 11) is 0. The molecule has 2 saturated heterocycles. The highest BCUT2D eigenvalue weighted by atomic mass is 35.5. The second-order valence-electron chi connectivity index (χ2n) is 13.1. The Kier molecular flexibility index (Phi) is 11.5. The molecule has 0 unspecified atom stereocenters. The lowest BCUT2D eigenvalue weighted by Crippen LogP contribution is -2.60. The van der Waals surface area contributed by atoms with Gasteiger partial charge in [-0.2, -0.15) is 0 Å². The van der Waals surface area contributed by atoms with Crippen molar-refractivity contribution in [2.24, 2.45) is 0 Å². The number of halogens is 1. The van der Waals surface area contributed by atoms with Gasteiger partial charge in [-0.3, -0.25) is 19.3 Å². The summed E-state index contributed by atoms with van der Waals surface area (Å²) >= 11 is 6.36. The number of carbonyl (C=O) groups is 4. The largest absolute Gasteiger partial charge is 0.458 e. The number of esters is 1. The van der Waals surface area contributed by atoms with Crippen molar-refractivity contribution in [3.05, 3.63) is 78.4 Å². The van der Waals surface area contributed by atoms with E-state index in [1.54, 1.807) is 56.0 Å². The average molecular weight is 664 g/mol. The molecule has 2 aromatic rings. The van der Waals surface area contributed by atoms with Gasteiger partial charge in [-0.25, -0.2) is 4.79 Å². The molecule has 0 bridgehead atoms. The van der Waals surface area contributed by atoms with Gasteiger partial charge in [0.2, 0.25) is 5.91 Å². The molecule has 0 aliphatic carbocycles. The molecule has 252 valence electrons. The lowest BCUT2D eigenvalue weighted by Gasteiger charge is -2.39. The SMILES string of the molecule is C=CCN(CC=C)c1ccc(Cl)cc1N1CCN([C@@H](Cc2ccc(N3CCN(C(C)C)CC3=O)cc2)C(=O)OC(C)(C)C)C(=O)C1=O. The first kappa shape index (κ1) is 35.7. The van der Waals surface area contributed by atoms with Crippen LogP contribution in [0.15, 0.2) is 67.8 Å². The van der Waals surface area contributed by atoms with E-state index < -0.39 is 29.4 Å².